The van der Waals surface area contributed by atoms with Crippen molar-refractivity contribution in [2.75, 3.05) is 45.1 Å². The summed E-state index contributed by atoms with van der Waals surface area (Å²) in [4.78, 5) is 6.77. The molecule has 2 heterocycles. The normalized spacial score (nSPS) is 22.2. The molecule has 0 spiro atoms. The van der Waals surface area contributed by atoms with Gasteiger partial charge in [0, 0.05) is 26.2 Å². The van der Waals surface area contributed by atoms with Gasteiger partial charge >= 0.3 is 0 Å². The lowest BCUT2D eigenvalue weighted by Gasteiger charge is -2.34. The fourth-order valence-electron chi connectivity index (χ4n) is 3.26. The van der Waals surface area contributed by atoms with E-state index < -0.39 is 14.6 Å². The maximum atomic E-state index is 12.3. The van der Waals surface area contributed by atoms with Crippen LogP contribution in [0.15, 0.2) is 4.99 Å². The van der Waals surface area contributed by atoms with Crippen molar-refractivity contribution < 1.29 is 17.9 Å². The van der Waals surface area contributed by atoms with Crippen LogP contribution in [0.3, 0.4) is 0 Å². The van der Waals surface area contributed by atoms with Crippen LogP contribution in [0.4, 0.5) is 0 Å². The summed E-state index contributed by atoms with van der Waals surface area (Å²) >= 11 is 0. The molecule has 1 atom stereocenters. The van der Waals surface area contributed by atoms with Crippen LogP contribution < -0.4 is 5.32 Å². The Morgan fingerprint density at radius 1 is 1.25 bits per heavy atom. The molecule has 0 radical (unpaired) electrons. The largest absolute Gasteiger partial charge is 0.376 e. The second kappa shape index (κ2) is 11.9. The van der Waals surface area contributed by atoms with Gasteiger partial charge in [-0.05, 0) is 53.4 Å². The van der Waals surface area contributed by atoms with Gasteiger partial charge in [0.1, 0.15) is 0 Å². The highest BCUT2D eigenvalue weighted by molar-refractivity contribution is 14.0. The minimum Gasteiger partial charge on any atom is -0.376 e. The first-order chi connectivity index (χ1) is 12.7. The number of halogens is 1. The van der Waals surface area contributed by atoms with E-state index in [9.17, 15) is 8.42 Å². The van der Waals surface area contributed by atoms with Crippen molar-refractivity contribution in [1.29, 1.82) is 0 Å². The molecular formula is C19H38IN3O4S. The van der Waals surface area contributed by atoms with E-state index in [1.807, 2.05) is 6.92 Å². The number of piperidine rings is 1. The molecule has 0 aromatic rings. The van der Waals surface area contributed by atoms with Crippen LogP contribution in [0, 0.1) is 0 Å². The third-order valence-corrected chi connectivity index (χ3v) is 7.76. The van der Waals surface area contributed by atoms with Gasteiger partial charge in [-0.1, -0.05) is 0 Å². The number of hydrogen-bond donors (Lipinski definition) is 1. The number of hydrogen-bond acceptors (Lipinski definition) is 5. The van der Waals surface area contributed by atoms with Crippen molar-refractivity contribution in [2.45, 2.75) is 70.3 Å². The quantitative estimate of drug-likeness (QED) is 0.309. The maximum Gasteiger partial charge on any atom is 0.193 e. The molecular weight excluding hydrogens is 493 g/mol. The number of aliphatic imine (C=N–C) groups is 1. The van der Waals surface area contributed by atoms with Gasteiger partial charge in [-0.3, -0.25) is 4.99 Å². The van der Waals surface area contributed by atoms with E-state index in [4.69, 9.17) is 9.47 Å². The van der Waals surface area contributed by atoms with Crippen LogP contribution in [-0.2, 0) is 19.3 Å². The van der Waals surface area contributed by atoms with Gasteiger partial charge < -0.3 is 19.7 Å². The Balaban J connectivity index is 0.00000392. The molecule has 0 aromatic carbocycles. The molecule has 2 aliphatic rings. The molecule has 9 heteroatoms. The van der Waals surface area contributed by atoms with Crippen molar-refractivity contribution in [3.63, 3.8) is 0 Å². The number of sulfone groups is 1. The number of rotatable bonds is 7. The van der Waals surface area contributed by atoms with E-state index in [-0.39, 0.29) is 48.5 Å². The van der Waals surface area contributed by atoms with E-state index >= 15 is 0 Å². The minimum atomic E-state index is -3.15. The number of guanidine groups is 1. The summed E-state index contributed by atoms with van der Waals surface area (Å²) < 4.78 is 35.4. The predicted molar refractivity (Wildman–Crippen MR) is 124 cm³/mol. The zero-order valence-corrected chi connectivity index (χ0v) is 20.9. The van der Waals surface area contributed by atoms with Crippen LogP contribution >= 0.6 is 24.0 Å². The molecule has 2 rings (SSSR count). The molecule has 7 nitrogen and oxygen atoms in total. The fraction of sp³-hybridized carbons (Fsp3) is 0.947. The zero-order chi connectivity index (χ0) is 19.9. The molecule has 0 aromatic heterocycles. The molecule has 166 valence electrons. The Kier molecular flexibility index (Phi) is 11.0. The highest BCUT2D eigenvalue weighted by Gasteiger charge is 2.28. The molecule has 1 N–H and O–H groups in total. The smallest absolute Gasteiger partial charge is 0.193 e. The average molecular weight is 532 g/mol. The second-order valence-electron chi connectivity index (χ2n) is 8.32. The summed E-state index contributed by atoms with van der Waals surface area (Å²) in [5, 5.41) is 3.29. The molecule has 28 heavy (non-hydrogen) atoms. The van der Waals surface area contributed by atoms with Gasteiger partial charge in [0.25, 0.3) is 0 Å². The van der Waals surface area contributed by atoms with E-state index in [2.05, 4.69) is 15.2 Å². The summed E-state index contributed by atoms with van der Waals surface area (Å²) in [7, 11) is -3.15. The maximum absolute atomic E-state index is 12.3. The van der Waals surface area contributed by atoms with Gasteiger partial charge in [-0.15, -0.1) is 24.0 Å². The lowest BCUT2D eigenvalue weighted by Crippen LogP contribution is -2.47. The lowest BCUT2D eigenvalue weighted by atomic mass is 10.1. The topological polar surface area (TPSA) is 80.2 Å². The predicted octanol–water partition coefficient (Wildman–Crippen LogP) is 2.44. The first-order valence-corrected chi connectivity index (χ1v) is 11.9. The average Bonchev–Trinajstić information content (AvgIpc) is 3.12. The SMILES string of the molecule is CCNC(=NCCS(=O)(=O)C(C)(C)C)N1CCC(OCC2CCCO2)CC1.I. The molecule has 2 saturated heterocycles. The zero-order valence-electron chi connectivity index (χ0n) is 17.8. The van der Waals surface area contributed by atoms with E-state index in [0.717, 1.165) is 57.9 Å². The van der Waals surface area contributed by atoms with Crippen LogP contribution in [0.2, 0.25) is 0 Å². The van der Waals surface area contributed by atoms with Crippen molar-refractivity contribution in [1.82, 2.24) is 10.2 Å². The van der Waals surface area contributed by atoms with Crippen LogP contribution in [0.25, 0.3) is 0 Å². The monoisotopic (exact) mass is 531 g/mol. The van der Waals surface area contributed by atoms with Gasteiger partial charge in [-0.2, -0.15) is 0 Å². The fourth-order valence-corrected chi connectivity index (χ4v) is 4.20. The third kappa shape index (κ3) is 7.95. The van der Waals surface area contributed by atoms with Crippen LogP contribution in [0.1, 0.15) is 53.4 Å². The first kappa shape index (κ1) is 25.9. The third-order valence-electron chi connectivity index (χ3n) is 5.17. The minimum absolute atomic E-state index is 0. The van der Waals surface area contributed by atoms with Crippen molar-refractivity contribution in [3.05, 3.63) is 0 Å². The molecule has 0 amide bonds. The number of nitrogens with one attached hydrogen (secondary N) is 1. The molecule has 0 bridgehead atoms. The van der Waals surface area contributed by atoms with E-state index in [1.54, 1.807) is 20.8 Å². The Hall–Kier alpha value is -0.130. The molecule has 2 fully saturated rings. The Labute approximate surface area is 187 Å². The van der Waals surface area contributed by atoms with Gasteiger partial charge in [-0.25, -0.2) is 8.42 Å². The lowest BCUT2D eigenvalue weighted by molar-refractivity contribution is -0.0367. The number of likely N-dealkylation sites (tertiary alicyclic amines) is 1. The summed E-state index contributed by atoms with van der Waals surface area (Å²) in [5.41, 5.74) is 0. The highest BCUT2D eigenvalue weighted by atomic mass is 127. The Morgan fingerprint density at radius 3 is 2.46 bits per heavy atom. The number of nitrogens with zero attached hydrogens (tertiary/aromatic N) is 2. The van der Waals surface area contributed by atoms with Gasteiger partial charge in [0.15, 0.2) is 15.8 Å². The van der Waals surface area contributed by atoms with Crippen molar-refractivity contribution in [3.8, 4) is 0 Å². The molecule has 0 aliphatic carbocycles. The van der Waals surface area contributed by atoms with Gasteiger partial charge in [0.2, 0.25) is 0 Å². The molecule has 1 unspecified atom stereocenters. The van der Waals surface area contributed by atoms with Crippen molar-refractivity contribution >= 4 is 39.8 Å². The molecule has 2 aliphatic heterocycles. The van der Waals surface area contributed by atoms with Crippen molar-refractivity contribution in [2.24, 2.45) is 4.99 Å². The van der Waals surface area contributed by atoms with Gasteiger partial charge in [0.05, 0.1) is 35.9 Å². The summed E-state index contributed by atoms with van der Waals surface area (Å²) in [5.74, 6) is 0.881. The first-order valence-electron chi connectivity index (χ1n) is 10.2. The summed E-state index contributed by atoms with van der Waals surface area (Å²) in [6.45, 7) is 11.6. The van der Waals surface area contributed by atoms with E-state index in [1.165, 1.54) is 0 Å². The van der Waals surface area contributed by atoms with Crippen LogP contribution in [-0.4, -0.2) is 81.4 Å². The highest BCUT2D eigenvalue weighted by Crippen LogP contribution is 2.18. The summed E-state index contributed by atoms with van der Waals surface area (Å²) in [6, 6.07) is 0. The second-order valence-corrected chi connectivity index (χ2v) is 11.2. The number of ether oxygens (including phenoxy) is 2. The standard InChI is InChI=1S/C19H37N3O4S.HI/c1-5-20-18(21-10-14-27(23,24)19(2,3)4)22-11-8-16(9-12-22)26-15-17-7-6-13-25-17;/h16-17H,5-15H2,1-4H3,(H,20,21);1H. The molecule has 0 saturated carbocycles. The Bertz CT molecular complexity index is 578. The van der Waals surface area contributed by atoms with E-state index in [0.29, 0.717) is 6.61 Å². The van der Waals surface area contributed by atoms with Crippen LogP contribution in [0.5, 0.6) is 0 Å². The Morgan fingerprint density at radius 2 is 1.93 bits per heavy atom. The summed E-state index contributed by atoms with van der Waals surface area (Å²) in [6.07, 6.45) is 4.70.